The molecule has 0 unspecified atom stereocenters. The Balaban J connectivity index is 1.76. The van der Waals surface area contributed by atoms with Crippen molar-refractivity contribution < 1.29 is 10.2 Å². The van der Waals surface area contributed by atoms with Gasteiger partial charge < -0.3 is 14.8 Å². The van der Waals surface area contributed by atoms with Crippen LogP contribution in [0.5, 0.6) is 5.75 Å². The number of benzene rings is 1. The zero-order chi connectivity index (χ0) is 22.5. The molecule has 7 nitrogen and oxygen atoms in total. The van der Waals surface area contributed by atoms with Gasteiger partial charge in [0.2, 0.25) is 0 Å². The van der Waals surface area contributed by atoms with Crippen molar-refractivity contribution in [2.45, 2.75) is 19.5 Å². The van der Waals surface area contributed by atoms with E-state index in [1.165, 1.54) is 0 Å². The average Bonchev–Trinajstić information content (AvgIpc) is 2.81. The molecule has 1 aliphatic heterocycles. The Kier molecular flexibility index (Phi) is 6.99. The van der Waals surface area contributed by atoms with Gasteiger partial charge in [0.1, 0.15) is 5.75 Å². The largest absolute Gasteiger partial charge is 0.507 e. The Morgan fingerprint density at radius 1 is 1.06 bits per heavy atom. The first kappa shape index (κ1) is 22.2. The third kappa shape index (κ3) is 4.75. The molecule has 0 saturated carbocycles. The number of aromatic nitrogens is 2. The molecule has 7 heteroatoms. The van der Waals surface area contributed by atoms with Gasteiger partial charge in [0.15, 0.2) is 0 Å². The highest BCUT2D eigenvalue weighted by molar-refractivity contribution is 5.40. The number of hydrogen-bond acceptors (Lipinski definition) is 6. The smallest absolute Gasteiger partial charge is 0.259 e. The van der Waals surface area contributed by atoms with Crippen molar-refractivity contribution in [3.8, 4) is 5.75 Å². The van der Waals surface area contributed by atoms with Crippen molar-refractivity contribution >= 4 is 0 Å². The maximum absolute atomic E-state index is 13.8. The van der Waals surface area contributed by atoms with Gasteiger partial charge >= 0.3 is 0 Å². The summed E-state index contributed by atoms with van der Waals surface area (Å²) in [4.78, 5) is 22.5. The van der Waals surface area contributed by atoms with Crippen LogP contribution in [0, 0.1) is 6.92 Å². The summed E-state index contributed by atoms with van der Waals surface area (Å²) in [5.74, 6) is 0.0171. The number of β-amino-alcohol motifs (C(OH)–C–C–N with tert-alkyl or cyclic N) is 1. The topological polar surface area (TPSA) is 81.8 Å². The van der Waals surface area contributed by atoms with Crippen molar-refractivity contribution in [2.24, 2.45) is 0 Å². The number of aliphatic hydroxyl groups is 1. The minimum Gasteiger partial charge on any atom is -0.507 e. The number of aryl methyl sites for hydroxylation is 1. The van der Waals surface area contributed by atoms with Crippen LogP contribution >= 0.6 is 0 Å². The van der Waals surface area contributed by atoms with Crippen molar-refractivity contribution in [2.75, 3.05) is 39.3 Å². The lowest BCUT2D eigenvalue weighted by molar-refractivity contribution is 0.0931. The number of aliphatic hydroxyl groups excluding tert-OH is 1. The summed E-state index contributed by atoms with van der Waals surface area (Å²) in [6.45, 7) is 6.11. The van der Waals surface area contributed by atoms with Crippen LogP contribution < -0.4 is 5.56 Å². The van der Waals surface area contributed by atoms with Gasteiger partial charge in [-0.25, -0.2) is 0 Å². The second-order valence-corrected chi connectivity index (χ2v) is 8.25. The van der Waals surface area contributed by atoms with E-state index in [9.17, 15) is 15.0 Å². The van der Waals surface area contributed by atoms with Gasteiger partial charge in [-0.1, -0.05) is 36.4 Å². The second-order valence-electron chi connectivity index (χ2n) is 8.25. The fourth-order valence-corrected chi connectivity index (χ4v) is 4.47. The normalized spacial score (nSPS) is 16.2. The minimum absolute atomic E-state index is 0.0171. The highest BCUT2D eigenvalue weighted by Gasteiger charge is 2.31. The molecule has 1 aromatic carbocycles. The van der Waals surface area contributed by atoms with E-state index < -0.39 is 6.04 Å². The first-order valence-electron chi connectivity index (χ1n) is 11.0. The van der Waals surface area contributed by atoms with E-state index in [1.807, 2.05) is 49.4 Å². The van der Waals surface area contributed by atoms with Gasteiger partial charge in [0.25, 0.3) is 5.56 Å². The minimum atomic E-state index is -0.393. The molecule has 2 N–H and O–H groups in total. The van der Waals surface area contributed by atoms with Crippen LogP contribution in [0.15, 0.2) is 65.7 Å². The Morgan fingerprint density at radius 2 is 1.81 bits per heavy atom. The molecular weight excluding hydrogens is 404 g/mol. The van der Waals surface area contributed by atoms with Crippen molar-refractivity contribution in [1.29, 1.82) is 0 Å². The highest BCUT2D eigenvalue weighted by atomic mass is 16.3. The first-order valence-corrected chi connectivity index (χ1v) is 11.0. The molecule has 1 fully saturated rings. The number of nitrogens with zero attached hydrogens (tertiary/aromatic N) is 4. The lowest BCUT2D eigenvalue weighted by Crippen LogP contribution is -2.49. The molecular formula is C25H30N4O3. The molecule has 0 aliphatic carbocycles. The Bertz CT molecular complexity index is 1080. The summed E-state index contributed by atoms with van der Waals surface area (Å²) in [6.07, 6.45) is 3.48. The molecule has 4 rings (SSSR count). The van der Waals surface area contributed by atoms with Gasteiger partial charge in [0.05, 0.1) is 24.8 Å². The van der Waals surface area contributed by atoms with E-state index in [0.717, 1.165) is 43.0 Å². The van der Waals surface area contributed by atoms with E-state index in [4.69, 9.17) is 0 Å². The molecule has 2 aromatic heterocycles. The molecule has 3 heterocycles. The SMILES string of the molecule is Cc1cc(O)c([C@@H](c2cccnc2)N2CCN(CCO)CC2)c(=O)n1Cc1ccccc1. The second kappa shape index (κ2) is 10.1. The fraction of sp³-hybridized carbons (Fsp3) is 0.360. The van der Waals surface area contributed by atoms with E-state index >= 15 is 0 Å². The summed E-state index contributed by atoms with van der Waals surface area (Å²) in [6, 6.07) is 15.0. The monoisotopic (exact) mass is 434 g/mol. The van der Waals surface area contributed by atoms with Crippen LogP contribution in [0.1, 0.15) is 28.4 Å². The van der Waals surface area contributed by atoms with E-state index in [0.29, 0.717) is 18.7 Å². The van der Waals surface area contributed by atoms with Crippen LogP contribution in [0.2, 0.25) is 0 Å². The maximum Gasteiger partial charge on any atom is 0.259 e. The maximum atomic E-state index is 13.8. The van der Waals surface area contributed by atoms with Crippen molar-refractivity contribution in [3.05, 3.63) is 93.7 Å². The molecule has 1 saturated heterocycles. The zero-order valence-electron chi connectivity index (χ0n) is 18.4. The number of hydrogen-bond donors (Lipinski definition) is 2. The van der Waals surface area contributed by atoms with Gasteiger partial charge in [-0.05, 0) is 30.2 Å². The number of rotatable bonds is 7. The van der Waals surface area contributed by atoms with E-state index in [1.54, 1.807) is 23.0 Å². The summed E-state index contributed by atoms with van der Waals surface area (Å²) in [7, 11) is 0. The van der Waals surface area contributed by atoms with E-state index in [-0.39, 0.29) is 17.9 Å². The molecule has 0 amide bonds. The number of pyridine rings is 2. The molecule has 32 heavy (non-hydrogen) atoms. The Hall–Kier alpha value is -3.00. The molecule has 1 aliphatic rings. The van der Waals surface area contributed by atoms with Crippen LogP contribution in [0.3, 0.4) is 0 Å². The third-order valence-corrected chi connectivity index (χ3v) is 6.17. The summed E-state index contributed by atoms with van der Waals surface area (Å²) in [5, 5.41) is 20.2. The highest BCUT2D eigenvalue weighted by Crippen LogP contribution is 2.33. The van der Waals surface area contributed by atoms with E-state index in [2.05, 4.69) is 14.8 Å². The molecule has 1 atom stereocenters. The van der Waals surface area contributed by atoms with Gasteiger partial charge in [-0.3, -0.25) is 19.6 Å². The number of aromatic hydroxyl groups is 1. The van der Waals surface area contributed by atoms with Crippen LogP contribution in [-0.4, -0.2) is 68.9 Å². The van der Waals surface area contributed by atoms with Crippen LogP contribution in [0.4, 0.5) is 0 Å². The lowest BCUT2D eigenvalue weighted by Gasteiger charge is -2.39. The van der Waals surface area contributed by atoms with Crippen molar-refractivity contribution in [3.63, 3.8) is 0 Å². The number of piperazine rings is 1. The molecule has 0 radical (unpaired) electrons. The summed E-state index contributed by atoms with van der Waals surface area (Å²) >= 11 is 0. The predicted molar refractivity (Wildman–Crippen MR) is 124 cm³/mol. The Morgan fingerprint density at radius 3 is 2.47 bits per heavy atom. The van der Waals surface area contributed by atoms with Gasteiger partial charge in [-0.15, -0.1) is 0 Å². The predicted octanol–water partition coefficient (Wildman–Crippen LogP) is 2.00. The van der Waals surface area contributed by atoms with Crippen molar-refractivity contribution in [1.82, 2.24) is 19.4 Å². The third-order valence-electron chi connectivity index (χ3n) is 6.17. The quantitative estimate of drug-likeness (QED) is 0.592. The fourth-order valence-electron chi connectivity index (χ4n) is 4.47. The first-order chi connectivity index (χ1) is 15.6. The molecule has 0 bridgehead atoms. The van der Waals surface area contributed by atoms with Crippen LogP contribution in [0.25, 0.3) is 0 Å². The van der Waals surface area contributed by atoms with Gasteiger partial charge in [-0.2, -0.15) is 0 Å². The zero-order valence-corrected chi connectivity index (χ0v) is 18.4. The molecule has 0 spiro atoms. The molecule has 3 aromatic rings. The Labute approximate surface area is 188 Å². The molecule has 168 valence electrons. The van der Waals surface area contributed by atoms with Crippen LogP contribution in [-0.2, 0) is 6.54 Å². The lowest BCUT2D eigenvalue weighted by atomic mass is 9.97. The van der Waals surface area contributed by atoms with Gasteiger partial charge in [0, 0.05) is 50.8 Å². The average molecular weight is 435 g/mol. The summed E-state index contributed by atoms with van der Waals surface area (Å²) < 4.78 is 1.73. The summed E-state index contributed by atoms with van der Waals surface area (Å²) in [5.41, 5.74) is 2.83. The standard InChI is InChI=1S/C25H30N4O3/c1-19-16-22(31)23(25(32)29(19)18-20-6-3-2-4-7-20)24(21-8-5-9-26-17-21)28-12-10-27(11-13-28)14-15-30/h2-9,16-17,24,30-31H,10-15,18H2,1H3/t24-/m1/s1.